The zero-order valence-electron chi connectivity index (χ0n) is 11.3. The molecule has 0 heterocycles. The summed E-state index contributed by atoms with van der Waals surface area (Å²) in [5.41, 5.74) is 1.18. The zero-order valence-corrected chi connectivity index (χ0v) is 12.1. The van der Waals surface area contributed by atoms with Gasteiger partial charge in [-0.15, -0.1) is 0 Å². The lowest BCUT2D eigenvalue weighted by atomic mass is 10.1. The zero-order chi connectivity index (χ0) is 15.4. The molecule has 0 saturated carbocycles. The van der Waals surface area contributed by atoms with Crippen LogP contribution in [-0.4, -0.2) is 17.0 Å². The quantitative estimate of drug-likeness (QED) is 0.908. The first-order valence-electron chi connectivity index (χ1n) is 6.37. The molecule has 2 aromatic carbocycles. The Morgan fingerprint density at radius 2 is 1.76 bits per heavy atom. The second-order valence-electron chi connectivity index (χ2n) is 4.60. The maximum atomic E-state index is 12.2. The summed E-state index contributed by atoms with van der Waals surface area (Å²) in [6.45, 7) is 1.82. The Labute approximate surface area is 127 Å². The van der Waals surface area contributed by atoms with E-state index in [1.807, 2.05) is 25.1 Å². The minimum absolute atomic E-state index is 0.0769. The minimum Gasteiger partial charge on any atom is -0.478 e. The van der Waals surface area contributed by atoms with Gasteiger partial charge in [-0.3, -0.25) is 4.79 Å². The maximum Gasteiger partial charge on any atom is 0.335 e. The van der Waals surface area contributed by atoms with Crippen LogP contribution in [-0.2, 0) is 0 Å². The smallest absolute Gasteiger partial charge is 0.335 e. The normalized spacial score (nSPS) is 11.7. The van der Waals surface area contributed by atoms with Gasteiger partial charge in [0.15, 0.2) is 0 Å². The predicted molar refractivity (Wildman–Crippen MR) is 80.7 cm³/mol. The van der Waals surface area contributed by atoms with Crippen LogP contribution < -0.4 is 5.32 Å². The summed E-state index contributed by atoms with van der Waals surface area (Å²) in [5.74, 6) is -1.41. The van der Waals surface area contributed by atoms with Crippen LogP contribution in [0.4, 0.5) is 0 Å². The third-order valence-electron chi connectivity index (χ3n) is 3.09. The maximum absolute atomic E-state index is 12.2. The fourth-order valence-electron chi connectivity index (χ4n) is 1.98. The van der Waals surface area contributed by atoms with E-state index >= 15 is 0 Å². The van der Waals surface area contributed by atoms with Gasteiger partial charge < -0.3 is 10.4 Å². The largest absolute Gasteiger partial charge is 0.478 e. The Bertz CT molecular complexity index is 685. The molecular formula is C16H14ClNO3. The van der Waals surface area contributed by atoms with Crippen LogP contribution in [0.25, 0.3) is 0 Å². The molecule has 2 rings (SSSR count). The highest BCUT2D eigenvalue weighted by Gasteiger charge is 2.14. The highest BCUT2D eigenvalue weighted by molar-refractivity contribution is 6.31. The molecule has 1 unspecified atom stereocenters. The summed E-state index contributed by atoms with van der Waals surface area (Å²) >= 11 is 6.09. The molecule has 2 aromatic rings. The number of carboxylic acids is 1. The summed E-state index contributed by atoms with van der Waals surface area (Å²) in [7, 11) is 0. The average molecular weight is 304 g/mol. The second kappa shape index (κ2) is 6.41. The molecule has 21 heavy (non-hydrogen) atoms. The van der Waals surface area contributed by atoms with E-state index in [2.05, 4.69) is 5.32 Å². The van der Waals surface area contributed by atoms with Gasteiger partial charge in [-0.05, 0) is 36.8 Å². The molecule has 0 aliphatic carbocycles. The van der Waals surface area contributed by atoms with E-state index in [-0.39, 0.29) is 17.5 Å². The van der Waals surface area contributed by atoms with Crippen molar-refractivity contribution < 1.29 is 14.7 Å². The first-order chi connectivity index (χ1) is 9.99. The first-order valence-corrected chi connectivity index (χ1v) is 6.75. The predicted octanol–water partition coefficient (Wildman–Crippen LogP) is 3.53. The first kappa shape index (κ1) is 15.1. The van der Waals surface area contributed by atoms with E-state index in [1.165, 1.54) is 12.1 Å². The third kappa shape index (κ3) is 3.61. The number of amides is 1. The van der Waals surface area contributed by atoms with Gasteiger partial charge in [0, 0.05) is 10.6 Å². The van der Waals surface area contributed by atoms with E-state index in [9.17, 15) is 9.59 Å². The summed E-state index contributed by atoms with van der Waals surface area (Å²) < 4.78 is 0. The molecule has 0 spiro atoms. The van der Waals surface area contributed by atoms with Crippen molar-refractivity contribution in [2.75, 3.05) is 0 Å². The Hall–Kier alpha value is -2.33. The van der Waals surface area contributed by atoms with Gasteiger partial charge in [0.05, 0.1) is 11.6 Å². The van der Waals surface area contributed by atoms with E-state index in [0.717, 1.165) is 5.56 Å². The topological polar surface area (TPSA) is 66.4 Å². The van der Waals surface area contributed by atoms with Crippen molar-refractivity contribution in [1.29, 1.82) is 0 Å². The molecule has 4 nitrogen and oxygen atoms in total. The number of hydrogen-bond acceptors (Lipinski definition) is 2. The number of carbonyl (C=O) groups excluding carboxylic acids is 1. The fourth-order valence-corrected chi connectivity index (χ4v) is 2.28. The lowest BCUT2D eigenvalue weighted by Gasteiger charge is -2.15. The highest BCUT2D eigenvalue weighted by Crippen LogP contribution is 2.22. The molecule has 0 aliphatic heterocycles. The molecule has 1 amide bonds. The van der Waals surface area contributed by atoms with Gasteiger partial charge in [0.1, 0.15) is 0 Å². The van der Waals surface area contributed by atoms with Crippen molar-refractivity contribution in [2.45, 2.75) is 13.0 Å². The van der Waals surface area contributed by atoms with Crippen LogP contribution in [0.5, 0.6) is 0 Å². The number of hydrogen-bond donors (Lipinski definition) is 2. The number of benzene rings is 2. The molecular weight excluding hydrogens is 290 g/mol. The highest BCUT2D eigenvalue weighted by atomic mass is 35.5. The van der Waals surface area contributed by atoms with Crippen molar-refractivity contribution in [3.8, 4) is 0 Å². The van der Waals surface area contributed by atoms with Gasteiger partial charge in [-0.25, -0.2) is 4.79 Å². The molecule has 5 heteroatoms. The van der Waals surface area contributed by atoms with Crippen molar-refractivity contribution in [3.05, 3.63) is 70.2 Å². The van der Waals surface area contributed by atoms with Crippen molar-refractivity contribution in [1.82, 2.24) is 5.32 Å². The minimum atomic E-state index is -1.07. The molecule has 0 fully saturated rings. The van der Waals surface area contributed by atoms with Crippen LogP contribution in [0.2, 0.25) is 5.02 Å². The van der Waals surface area contributed by atoms with Crippen molar-refractivity contribution in [2.24, 2.45) is 0 Å². The fraction of sp³-hybridized carbons (Fsp3) is 0.125. The monoisotopic (exact) mass is 303 g/mol. The molecule has 0 radical (unpaired) electrons. The third-order valence-corrected chi connectivity index (χ3v) is 3.44. The van der Waals surface area contributed by atoms with Gasteiger partial charge in [-0.2, -0.15) is 0 Å². The average Bonchev–Trinajstić information content (AvgIpc) is 2.47. The van der Waals surface area contributed by atoms with E-state index < -0.39 is 5.97 Å². The summed E-state index contributed by atoms with van der Waals surface area (Å²) in [5, 5.41) is 12.3. The SMILES string of the molecule is CC(NC(=O)c1cccc(C(=O)O)c1)c1ccccc1Cl. The number of aromatic carboxylic acids is 1. The van der Waals surface area contributed by atoms with E-state index in [0.29, 0.717) is 10.6 Å². The summed E-state index contributed by atoms with van der Waals surface area (Å²) in [6, 6.07) is 12.9. The van der Waals surface area contributed by atoms with Crippen LogP contribution in [0.1, 0.15) is 39.2 Å². The van der Waals surface area contributed by atoms with Gasteiger partial charge in [0.2, 0.25) is 0 Å². The molecule has 0 bridgehead atoms. The molecule has 2 N–H and O–H groups in total. The Kier molecular flexibility index (Phi) is 4.60. The number of carboxylic acid groups (broad SMARTS) is 1. The standard InChI is InChI=1S/C16H14ClNO3/c1-10(13-7-2-3-8-14(13)17)18-15(19)11-5-4-6-12(9-11)16(20)21/h2-10H,1H3,(H,18,19)(H,20,21). The lowest BCUT2D eigenvalue weighted by molar-refractivity contribution is 0.0697. The van der Waals surface area contributed by atoms with Crippen LogP contribution >= 0.6 is 11.6 Å². The molecule has 0 saturated heterocycles. The lowest BCUT2D eigenvalue weighted by Crippen LogP contribution is -2.27. The van der Waals surface area contributed by atoms with Gasteiger partial charge in [-0.1, -0.05) is 35.9 Å². The number of carbonyl (C=O) groups is 2. The Balaban J connectivity index is 2.16. The van der Waals surface area contributed by atoms with Crippen LogP contribution in [0, 0.1) is 0 Å². The van der Waals surface area contributed by atoms with Crippen LogP contribution in [0.15, 0.2) is 48.5 Å². The Morgan fingerprint density at radius 3 is 2.43 bits per heavy atom. The van der Waals surface area contributed by atoms with Crippen molar-refractivity contribution in [3.63, 3.8) is 0 Å². The van der Waals surface area contributed by atoms with Gasteiger partial charge >= 0.3 is 5.97 Å². The Morgan fingerprint density at radius 1 is 1.10 bits per heavy atom. The summed E-state index contributed by atoms with van der Waals surface area (Å²) in [6.07, 6.45) is 0. The summed E-state index contributed by atoms with van der Waals surface area (Å²) in [4.78, 5) is 23.1. The number of halogens is 1. The molecule has 0 aliphatic rings. The van der Waals surface area contributed by atoms with E-state index in [4.69, 9.17) is 16.7 Å². The van der Waals surface area contributed by atoms with Gasteiger partial charge in [0.25, 0.3) is 5.91 Å². The molecule has 0 aromatic heterocycles. The number of nitrogens with one attached hydrogen (secondary N) is 1. The second-order valence-corrected chi connectivity index (χ2v) is 5.01. The van der Waals surface area contributed by atoms with Crippen LogP contribution in [0.3, 0.4) is 0 Å². The number of rotatable bonds is 4. The molecule has 1 atom stereocenters. The van der Waals surface area contributed by atoms with E-state index in [1.54, 1.807) is 18.2 Å². The molecule has 108 valence electrons. The van der Waals surface area contributed by atoms with Crippen molar-refractivity contribution >= 4 is 23.5 Å².